The highest BCUT2D eigenvalue weighted by Crippen LogP contribution is 2.23. The molecule has 0 radical (unpaired) electrons. The zero-order valence-electron chi connectivity index (χ0n) is 15.6. The fourth-order valence-corrected chi connectivity index (χ4v) is 2.75. The molecule has 0 fully saturated rings. The highest BCUT2D eigenvalue weighted by atomic mass is 35.5. The second-order valence-electron chi connectivity index (χ2n) is 6.06. The van der Waals surface area contributed by atoms with E-state index in [9.17, 15) is 19.7 Å². The molecule has 31 heavy (non-hydrogen) atoms. The number of nitrogens with zero attached hydrogens (tertiary/aromatic N) is 2. The number of nitrogens with one attached hydrogen (secondary N) is 1. The van der Waals surface area contributed by atoms with Crippen molar-refractivity contribution in [2.24, 2.45) is 5.10 Å². The quantitative estimate of drug-likeness (QED) is 0.186. The molecule has 0 saturated heterocycles. The van der Waals surface area contributed by atoms with Crippen LogP contribution in [0.25, 0.3) is 0 Å². The minimum absolute atomic E-state index is 0.150. The predicted molar refractivity (Wildman–Crippen MR) is 116 cm³/mol. The average Bonchev–Trinajstić information content (AvgIpc) is 2.76. The van der Waals surface area contributed by atoms with Gasteiger partial charge in [0.05, 0.1) is 21.2 Å². The molecule has 0 bridgehead atoms. The van der Waals surface area contributed by atoms with Crippen molar-refractivity contribution in [3.05, 3.63) is 104 Å². The van der Waals surface area contributed by atoms with Crippen LogP contribution in [0.4, 0.5) is 5.69 Å². The Balaban J connectivity index is 1.61. The van der Waals surface area contributed by atoms with Crippen LogP contribution in [-0.4, -0.2) is 23.0 Å². The number of halogens is 2. The summed E-state index contributed by atoms with van der Waals surface area (Å²) in [6.45, 7) is 0. The van der Waals surface area contributed by atoms with Crippen LogP contribution in [0.5, 0.6) is 5.75 Å². The summed E-state index contributed by atoms with van der Waals surface area (Å²) in [6.07, 6.45) is 1.39. The van der Waals surface area contributed by atoms with Crippen LogP contribution < -0.4 is 10.2 Å². The van der Waals surface area contributed by atoms with Crippen LogP contribution in [0, 0.1) is 10.1 Å². The molecular formula is C21H13Cl2N3O5. The van der Waals surface area contributed by atoms with Crippen molar-refractivity contribution in [3.8, 4) is 5.75 Å². The number of nitro groups is 1. The summed E-state index contributed by atoms with van der Waals surface area (Å²) in [5, 5.41) is 15.5. The molecule has 156 valence electrons. The molecule has 3 aromatic rings. The fraction of sp³-hybridized carbons (Fsp3) is 0. The second kappa shape index (κ2) is 9.84. The van der Waals surface area contributed by atoms with E-state index in [1.54, 1.807) is 12.1 Å². The molecule has 0 aliphatic rings. The minimum Gasteiger partial charge on any atom is -0.423 e. The standard InChI is InChI=1S/C21H13Cl2N3O5/c22-17-10-7-14(11-18(17)23)20(27)25-24-12-13-5-8-15(9-6-13)31-21(28)16-3-1-2-4-19(16)26(29)30/h1-12H,(H,25,27)/b24-12-. The van der Waals surface area contributed by atoms with Gasteiger partial charge in [0.1, 0.15) is 11.3 Å². The molecule has 0 unspecified atom stereocenters. The third-order valence-electron chi connectivity index (χ3n) is 3.97. The van der Waals surface area contributed by atoms with E-state index in [4.69, 9.17) is 27.9 Å². The first-order valence-corrected chi connectivity index (χ1v) is 9.45. The maximum absolute atomic E-state index is 12.2. The number of benzene rings is 3. The lowest BCUT2D eigenvalue weighted by molar-refractivity contribution is -0.385. The third kappa shape index (κ3) is 5.65. The Labute approximate surface area is 186 Å². The molecular weight excluding hydrogens is 445 g/mol. The number of carbonyl (C=O) groups excluding carboxylic acids is 2. The van der Waals surface area contributed by atoms with E-state index in [2.05, 4.69) is 10.5 Å². The van der Waals surface area contributed by atoms with Crippen LogP contribution in [0.3, 0.4) is 0 Å². The van der Waals surface area contributed by atoms with Gasteiger partial charge in [0.2, 0.25) is 0 Å². The molecule has 3 rings (SSSR count). The number of para-hydroxylation sites is 1. The predicted octanol–water partition coefficient (Wildman–Crippen LogP) is 4.88. The molecule has 1 amide bonds. The third-order valence-corrected chi connectivity index (χ3v) is 4.71. The number of rotatable bonds is 6. The van der Waals surface area contributed by atoms with Crippen LogP contribution in [0.1, 0.15) is 26.3 Å². The summed E-state index contributed by atoms with van der Waals surface area (Å²) in [4.78, 5) is 34.7. The van der Waals surface area contributed by atoms with Gasteiger partial charge in [-0.3, -0.25) is 14.9 Å². The molecule has 0 aliphatic heterocycles. The van der Waals surface area contributed by atoms with Gasteiger partial charge in [0.25, 0.3) is 11.6 Å². The van der Waals surface area contributed by atoms with E-state index in [0.29, 0.717) is 16.1 Å². The van der Waals surface area contributed by atoms with Crippen molar-refractivity contribution in [2.45, 2.75) is 0 Å². The molecule has 8 nitrogen and oxygen atoms in total. The maximum atomic E-state index is 12.2. The van der Waals surface area contributed by atoms with Crippen molar-refractivity contribution >= 4 is 47.0 Å². The first-order chi connectivity index (χ1) is 14.8. The van der Waals surface area contributed by atoms with Gasteiger partial charge < -0.3 is 4.74 Å². The van der Waals surface area contributed by atoms with Gasteiger partial charge >= 0.3 is 5.97 Å². The minimum atomic E-state index is -0.845. The van der Waals surface area contributed by atoms with E-state index >= 15 is 0 Å². The zero-order valence-corrected chi connectivity index (χ0v) is 17.1. The number of ether oxygens (including phenoxy) is 1. The summed E-state index contributed by atoms with van der Waals surface area (Å²) < 4.78 is 5.19. The van der Waals surface area contributed by atoms with Gasteiger partial charge in [0, 0.05) is 11.6 Å². The maximum Gasteiger partial charge on any atom is 0.350 e. The highest BCUT2D eigenvalue weighted by molar-refractivity contribution is 6.42. The lowest BCUT2D eigenvalue weighted by atomic mass is 10.2. The number of hydrogen-bond donors (Lipinski definition) is 1. The SMILES string of the molecule is O=C(N/N=C\c1ccc(OC(=O)c2ccccc2[N+](=O)[O-])cc1)c1ccc(Cl)c(Cl)c1. The van der Waals surface area contributed by atoms with Gasteiger partial charge in [-0.2, -0.15) is 5.10 Å². The Bertz CT molecular complexity index is 1180. The Morgan fingerprint density at radius 3 is 2.39 bits per heavy atom. The molecule has 1 N–H and O–H groups in total. The number of amides is 1. The smallest absolute Gasteiger partial charge is 0.350 e. The lowest BCUT2D eigenvalue weighted by Crippen LogP contribution is -2.17. The van der Waals surface area contributed by atoms with E-state index < -0.39 is 16.8 Å². The number of carbonyl (C=O) groups is 2. The van der Waals surface area contributed by atoms with Crippen molar-refractivity contribution in [1.82, 2.24) is 5.43 Å². The van der Waals surface area contributed by atoms with Crippen molar-refractivity contribution in [2.75, 3.05) is 0 Å². The Morgan fingerprint density at radius 1 is 1.00 bits per heavy atom. The molecule has 0 aromatic heterocycles. The largest absolute Gasteiger partial charge is 0.423 e. The number of nitro benzene ring substituents is 1. The van der Waals surface area contributed by atoms with Crippen LogP contribution in [-0.2, 0) is 0 Å². The summed E-state index contributed by atoms with van der Waals surface area (Å²) in [6, 6.07) is 16.1. The van der Waals surface area contributed by atoms with Crippen molar-refractivity contribution in [1.29, 1.82) is 0 Å². The Kier molecular flexibility index (Phi) is 6.96. The summed E-state index contributed by atoms with van der Waals surface area (Å²) in [7, 11) is 0. The number of esters is 1. The molecule has 0 saturated carbocycles. The fourth-order valence-electron chi connectivity index (χ4n) is 2.46. The molecule has 10 heteroatoms. The first-order valence-electron chi connectivity index (χ1n) is 8.69. The van der Waals surface area contributed by atoms with Gasteiger partial charge in [0.15, 0.2) is 0 Å². The van der Waals surface area contributed by atoms with E-state index in [-0.39, 0.29) is 22.0 Å². The van der Waals surface area contributed by atoms with E-state index in [1.165, 1.54) is 60.8 Å². The van der Waals surface area contributed by atoms with Crippen molar-refractivity contribution in [3.63, 3.8) is 0 Å². The van der Waals surface area contributed by atoms with E-state index in [0.717, 1.165) is 0 Å². The van der Waals surface area contributed by atoms with E-state index in [1.807, 2.05) is 0 Å². The Hall–Kier alpha value is -3.75. The van der Waals surface area contributed by atoms with Gasteiger partial charge in [-0.1, -0.05) is 35.3 Å². The van der Waals surface area contributed by atoms with Crippen LogP contribution >= 0.6 is 23.2 Å². The highest BCUT2D eigenvalue weighted by Gasteiger charge is 2.20. The number of hydrogen-bond acceptors (Lipinski definition) is 6. The molecule has 0 spiro atoms. The second-order valence-corrected chi connectivity index (χ2v) is 6.88. The molecule has 0 atom stereocenters. The zero-order chi connectivity index (χ0) is 22.4. The monoisotopic (exact) mass is 457 g/mol. The molecule has 0 heterocycles. The van der Waals surface area contributed by atoms with Crippen molar-refractivity contribution < 1.29 is 19.2 Å². The topological polar surface area (TPSA) is 111 Å². The van der Waals surface area contributed by atoms with Gasteiger partial charge in [-0.05, 0) is 54.1 Å². The average molecular weight is 458 g/mol. The lowest BCUT2D eigenvalue weighted by Gasteiger charge is -2.05. The van der Waals surface area contributed by atoms with Crippen LogP contribution in [0.2, 0.25) is 10.0 Å². The number of hydrazone groups is 1. The molecule has 3 aromatic carbocycles. The van der Waals surface area contributed by atoms with Gasteiger partial charge in [-0.15, -0.1) is 0 Å². The summed E-state index contributed by atoms with van der Waals surface area (Å²) in [5.74, 6) is -1.12. The normalized spacial score (nSPS) is 10.6. The Morgan fingerprint density at radius 2 is 1.71 bits per heavy atom. The molecule has 0 aliphatic carbocycles. The summed E-state index contributed by atoms with van der Waals surface area (Å²) in [5.41, 5.74) is 2.78. The first kappa shape index (κ1) is 21.9. The van der Waals surface area contributed by atoms with Gasteiger partial charge in [-0.25, -0.2) is 10.2 Å². The van der Waals surface area contributed by atoms with Crippen LogP contribution in [0.15, 0.2) is 71.8 Å². The summed E-state index contributed by atoms with van der Waals surface area (Å²) >= 11 is 11.7.